The SMILES string of the molecule is O=[N+]([O-])c1ccc(N/N=C\c2ccc(-c3ccc(Cl)cc3)o2)nc1. The molecule has 0 saturated heterocycles. The van der Waals surface area contributed by atoms with Crippen LogP contribution in [0.1, 0.15) is 5.76 Å². The highest BCUT2D eigenvalue weighted by Crippen LogP contribution is 2.23. The van der Waals surface area contributed by atoms with Gasteiger partial charge in [0.05, 0.1) is 11.1 Å². The largest absolute Gasteiger partial charge is 0.455 e. The lowest BCUT2D eigenvalue weighted by atomic mass is 10.2. The van der Waals surface area contributed by atoms with Gasteiger partial charge in [-0.05, 0) is 42.5 Å². The van der Waals surface area contributed by atoms with Crippen LogP contribution in [0.15, 0.2) is 64.2 Å². The van der Waals surface area contributed by atoms with E-state index in [1.54, 1.807) is 18.2 Å². The quantitative estimate of drug-likeness (QED) is 0.422. The lowest BCUT2D eigenvalue weighted by Crippen LogP contribution is -1.94. The second-order valence-corrected chi connectivity index (χ2v) is 5.17. The van der Waals surface area contributed by atoms with Gasteiger partial charge in [-0.15, -0.1) is 0 Å². The van der Waals surface area contributed by atoms with Gasteiger partial charge in [-0.3, -0.25) is 15.5 Å². The molecule has 3 rings (SSSR count). The van der Waals surface area contributed by atoms with Crippen LogP contribution < -0.4 is 5.43 Å². The maximum atomic E-state index is 10.5. The minimum Gasteiger partial charge on any atom is -0.455 e. The number of nitrogens with zero attached hydrogens (tertiary/aromatic N) is 3. The average Bonchev–Trinajstić information content (AvgIpc) is 3.05. The number of hydrogen-bond acceptors (Lipinski definition) is 6. The molecule has 2 aromatic heterocycles. The summed E-state index contributed by atoms with van der Waals surface area (Å²) >= 11 is 5.85. The maximum Gasteiger partial charge on any atom is 0.287 e. The number of anilines is 1. The summed E-state index contributed by atoms with van der Waals surface area (Å²) in [5.41, 5.74) is 3.50. The molecule has 0 radical (unpaired) electrons. The van der Waals surface area contributed by atoms with E-state index in [9.17, 15) is 10.1 Å². The summed E-state index contributed by atoms with van der Waals surface area (Å²) in [6.45, 7) is 0. The van der Waals surface area contributed by atoms with E-state index in [0.717, 1.165) is 11.8 Å². The highest BCUT2D eigenvalue weighted by atomic mass is 35.5. The summed E-state index contributed by atoms with van der Waals surface area (Å²) in [5.74, 6) is 1.64. The Morgan fingerprint density at radius 2 is 1.96 bits per heavy atom. The van der Waals surface area contributed by atoms with Crippen molar-refractivity contribution in [3.05, 3.63) is 75.6 Å². The highest BCUT2D eigenvalue weighted by molar-refractivity contribution is 6.30. The van der Waals surface area contributed by atoms with Gasteiger partial charge in [0.1, 0.15) is 23.5 Å². The minimum absolute atomic E-state index is 0.0804. The zero-order valence-electron chi connectivity index (χ0n) is 12.2. The van der Waals surface area contributed by atoms with E-state index in [1.165, 1.54) is 18.3 Å². The standard InChI is InChI=1S/C16H11ClN4O3/c17-12-3-1-11(2-4-12)15-7-6-14(24-15)10-19-20-16-8-5-13(9-18-16)21(22)23/h1-10H,(H,18,20)/b19-10-. The summed E-state index contributed by atoms with van der Waals surface area (Å²) in [6, 6.07) is 13.7. The molecule has 1 N–H and O–H groups in total. The van der Waals surface area contributed by atoms with Crippen LogP contribution in [0.3, 0.4) is 0 Å². The van der Waals surface area contributed by atoms with Crippen LogP contribution in [-0.4, -0.2) is 16.1 Å². The molecule has 0 unspecified atom stereocenters. The van der Waals surface area contributed by atoms with Crippen molar-refractivity contribution in [2.75, 3.05) is 5.43 Å². The fourth-order valence-corrected chi connectivity index (χ4v) is 2.04. The van der Waals surface area contributed by atoms with Gasteiger partial charge in [0, 0.05) is 16.7 Å². The normalized spacial score (nSPS) is 10.9. The van der Waals surface area contributed by atoms with Gasteiger partial charge in [0.15, 0.2) is 0 Å². The van der Waals surface area contributed by atoms with Gasteiger partial charge in [-0.2, -0.15) is 5.10 Å². The third-order valence-electron chi connectivity index (χ3n) is 3.09. The molecule has 1 aromatic carbocycles. The van der Waals surface area contributed by atoms with E-state index in [1.807, 2.05) is 18.2 Å². The van der Waals surface area contributed by atoms with Crippen molar-refractivity contribution >= 4 is 29.3 Å². The van der Waals surface area contributed by atoms with Crippen molar-refractivity contribution < 1.29 is 9.34 Å². The number of hydrazone groups is 1. The van der Waals surface area contributed by atoms with E-state index >= 15 is 0 Å². The lowest BCUT2D eigenvalue weighted by molar-refractivity contribution is -0.385. The Balaban J connectivity index is 1.65. The number of nitro groups is 1. The highest BCUT2D eigenvalue weighted by Gasteiger charge is 2.05. The molecule has 0 spiro atoms. The van der Waals surface area contributed by atoms with Crippen LogP contribution in [0.2, 0.25) is 5.02 Å². The summed E-state index contributed by atoms with van der Waals surface area (Å²) < 4.78 is 5.66. The van der Waals surface area contributed by atoms with E-state index in [2.05, 4.69) is 15.5 Å². The van der Waals surface area contributed by atoms with Gasteiger partial charge < -0.3 is 4.42 Å². The Morgan fingerprint density at radius 3 is 2.62 bits per heavy atom. The number of halogens is 1. The number of rotatable bonds is 5. The Hall–Kier alpha value is -3.19. The summed E-state index contributed by atoms with van der Waals surface area (Å²) in [5, 5.41) is 15.2. The van der Waals surface area contributed by atoms with E-state index in [-0.39, 0.29) is 5.69 Å². The van der Waals surface area contributed by atoms with Crippen molar-refractivity contribution in [3.63, 3.8) is 0 Å². The molecule has 3 aromatic rings. The number of benzene rings is 1. The van der Waals surface area contributed by atoms with Crippen LogP contribution >= 0.6 is 11.6 Å². The maximum absolute atomic E-state index is 10.5. The van der Waals surface area contributed by atoms with Crippen molar-refractivity contribution in [3.8, 4) is 11.3 Å². The Morgan fingerprint density at radius 1 is 1.17 bits per heavy atom. The molecular formula is C16H11ClN4O3. The topological polar surface area (TPSA) is 93.6 Å². The zero-order valence-corrected chi connectivity index (χ0v) is 13.0. The summed E-state index contributed by atoms with van der Waals surface area (Å²) in [4.78, 5) is 13.9. The van der Waals surface area contributed by atoms with Crippen molar-refractivity contribution in [2.24, 2.45) is 5.10 Å². The summed E-state index contributed by atoms with van der Waals surface area (Å²) in [7, 11) is 0. The first-order chi connectivity index (χ1) is 11.6. The number of aromatic nitrogens is 1. The van der Waals surface area contributed by atoms with Crippen LogP contribution in [0.4, 0.5) is 11.5 Å². The molecule has 120 valence electrons. The van der Waals surface area contributed by atoms with E-state index < -0.39 is 4.92 Å². The molecule has 0 saturated carbocycles. The number of hydrogen-bond donors (Lipinski definition) is 1. The first-order valence-corrected chi connectivity index (χ1v) is 7.25. The van der Waals surface area contributed by atoms with Crippen molar-refractivity contribution in [1.82, 2.24) is 4.98 Å². The average molecular weight is 343 g/mol. The Labute approximate surface area is 141 Å². The third kappa shape index (κ3) is 3.76. The van der Waals surface area contributed by atoms with Crippen LogP contribution in [0.5, 0.6) is 0 Å². The zero-order chi connectivity index (χ0) is 16.9. The van der Waals surface area contributed by atoms with Gasteiger partial charge in [-0.1, -0.05) is 11.6 Å². The van der Waals surface area contributed by atoms with Crippen LogP contribution in [0, 0.1) is 10.1 Å². The molecule has 0 bridgehead atoms. The van der Waals surface area contributed by atoms with Gasteiger partial charge in [0.2, 0.25) is 0 Å². The van der Waals surface area contributed by atoms with Crippen molar-refractivity contribution in [2.45, 2.75) is 0 Å². The monoisotopic (exact) mass is 342 g/mol. The molecule has 0 atom stereocenters. The molecule has 8 heteroatoms. The molecule has 0 aliphatic rings. The first-order valence-electron chi connectivity index (χ1n) is 6.87. The summed E-state index contributed by atoms with van der Waals surface area (Å²) in [6.07, 6.45) is 2.64. The first kappa shape index (κ1) is 15.7. The fraction of sp³-hybridized carbons (Fsp3) is 0. The van der Waals surface area contributed by atoms with E-state index in [0.29, 0.717) is 22.4 Å². The molecule has 0 amide bonds. The molecule has 0 aliphatic heterocycles. The van der Waals surface area contributed by atoms with Crippen LogP contribution in [0.25, 0.3) is 11.3 Å². The van der Waals surface area contributed by atoms with Gasteiger partial charge >= 0.3 is 0 Å². The van der Waals surface area contributed by atoms with Crippen LogP contribution in [-0.2, 0) is 0 Å². The number of furan rings is 1. The van der Waals surface area contributed by atoms with Gasteiger partial charge in [0.25, 0.3) is 5.69 Å². The van der Waals surface area contributed by atoms with E-state index in [4.69, 9.17) is 16.0 Å². The number of nitrogens with one attached hydrogen (secondary N) is 1. The molecule has 0 fully saturated rings. The predicted octanol–water partition coefficient (Wildman–Crippen LogP) is 4.35. The second kappa shape index (κ2) is 6.93. The Bertz CT molecular complexity index is 873. The molecule has 24 heavy (non-hydrogen) atoms. The second-order valence-electron chi connectivity index (χ2n) is 4.74. The fourth-order valence-electron chi connectivity index (χ4n) is 1.91. The smallest absolute Gasteiger partial charge is 0.287 e. The Kier molecular flexibility index (Phi) is 4.53. The number of pyridine rings is 1. The van der Waals surface area contributed by atoms with Crippen molar-refractivity contribution in [1.29, 1.82) is 0 Å². The third-order valence-corrected chi connectivity index (χ3v) is 3.34. The van der Waals surface area contributed by atoms with Gasteiger partial charge in [-0.25, -0.2) is 4.98 Å². The predicted molar refractivity (Wildman–Crippen MR) is 91.3 cm³/mol. The molecular weight excluding hydrogens is 332 g/mol. The minimum atomic E-state index is -0.513. The molecule has 7 nitrogen and oxygen atoms in total. The molecule has 2 heterocycles. The lowest BCUT2D eigenvalue weighted by Gasteiger charge is -1.98. The molecule has 0 aliphatic carbocycles.